The molecule has 3 fully saturated rings. The molecule has 1 amide bonds. The molecule has 2 aromatic rings. The lowest BCUT2D eigenvalue weighted by Gasteiger charge is -2.35. The van der Waals surface area contributed by atoms with E-state index in [0.29, 0.717) is 17.7 Å². The van der Waals surface area contributed by atoms with Crippen LogP contribution in [0, 0.1) is 5.92 Å². The van der Waals surface area contributed by atoms with Crippen LogP contribution in [-0.4, -0.2) is 60.0 Å². The van der Waals surface area contributed by atoms with Crippen LogP contribution in [0.3, 0.4) is 0 Å². The van der Waals surface area contributed by atoms with E-state index in [0.717, 1.165) is 42.8 Å². The number of hydrogen-bond acceptors (Lipinski definition) is 3. The largest absolute Gasteiger partial charge is 0.497 e. The molecule has 2 atom stereocenters. The molecule has 5 heteroatoms. The molecular formula is C22H29N3O2. The number of carbonyl (C=O) groups excluding carboxylic acids is 1. The van der Waals surface area contributed by atoms with Gasteiger partial charge in [0.15, 0.2) is 0 Å². The third-order valence-electron chi connectivity index (χ3n) is 5.91. The van der Waals surface area contributed by atoms with Crippen molar-refractivity contribution >= 4 is 16.8 Å². The Hall–Kier alpha value is -2.27. The fraction of sp³-hybridized carbons (Fsp3) is 0.500. The van der Waals surface area contributed by atoms with Crippen molar-refractivity contribution in [1.29, 1.82) is 0 Å². The number of allylic oxidation sites excluding steroid dienone is 1. The van der Waals surface area contributed by atoms with E-state index in [9.17, 15) is 4.79 Å². The zero-order valence-electron chi connectivity index (χ0n) is 16.5. The number of hydrogen-bond donors (Lipinski definition) is 1. The van der Waals surface area contributed by atoms with Gasteiger partial charge in [-0.1, -0.05) is 11.6 Å². The highest BCUT2D eigenvalue weighted by Gasteiger charge is 2.36. The van der Waals surface area contributed by atoms with Gasteiger partial charge in [-0.25, -0.2) is 0 Å². The van der Waals surface area contributed by atoms with Gasteiger partial charge in [-0.05, 0) is 56.9 Å². The van der Waals surface area contributed by atoms with E-state index in [2.05, 4.69) is 34.7 Å². The van der Waals surface area contributed by atoms with Crippen LogP contribution in [0.5, 0.6) is 5.75 Å². The maximum atomic E-state index is 13.2. The van der Waals surface area contributed by atoms with Gasteiger partial charge in [-0.3, -0.25) is 9.69 Å². The summed E-state index contributed by atoms with van der Waals surface area (Å²) in [6, 6.07) is 8.27. The maximum Gasteiger partial charge on any atom is 0.270 e. The van der Waals surface area contributed by atoms with Gasteiger partial charge in [0.2, 0.25) is 0 Å². The minimum Gasteiger partial charge on any atom is -0.497 e. The number of methoxy groups -OCH3 is 1. The molecule has 5 nitrogen and oxygen atoms in total. The topological polar surface area (TPSA) is 48.6 Å². The second-order valence-electron chi connectivity index (χ2n) is 8.18. The van der Waals surface area contributed by atoms with Gasteiger partial charge in [-0.15, -0.1) is 0 Å². The first kappa shape index (κ1) is 18.1. The zero-order chi connectivity index (χ0) is 19.0. The van der Waals surface area contributed by atoms with Crippen molar-refractivity contribution < 1.29 is 9.53 Å². The first-order valence-corrected chi connectivity index (χ1v) is 9.87. The standard InChI is InChI=1S/C22H29N3O2/c1-15(2)8-9-24-12-16-4-5-18(24)14-25(13-16)22(26)21-11-17-10-19(27-3)6-7-20(17)23-21/h6-8,10-11,16,18,23H,4-5,9,12-14H2,1-3H3/t16-,18-/m1/s1. The molecule has 4 heterocycles. The van der Waals surface area contributed by atoms with Crippen molar-refractivity contribution in [3.63, 3.8) is 0 Å². The molecule has 0 spiro atoms. The molecule has 0 aliphatic carbocycles. The van der Waals surface area contributed by atoms with Gasteiger partial charge in [0.05, 0.1) is 7.11 Å². The highest BCUT2D eigenvalue weighted by atomic mass is 16.5. The van der Waals surface area contributed by atoms with Crippen LogP contribution in [0.25, 0.3) is 10.9 Å². The molecule has 27 heavy (non-hydrogen) atoms. The first-order valence-electron chi connectivity index (χ1n) is 9.87. The van der Waals surface area contributed by atoms with Crippen molar-refractivity contribution in [3.8, 4) is 5.75 Å². The van der Waals surface area contributed by atoms with E-state index < -0.39 is 0 Å². The summed E-state index contributed by atoms with van der Waals surface area (Å²) in [5.41, 5.74) is 3.01. The fourth-order valence-electron chi connectivity index (χ4n) is 4.39. The van der Waals surface area contributed by atoms with Gasteiger partial charge in [-0.2, -0.15) is 0 Å². The Kier molecular flexibility index (Phi) is 4.96. The van der Waals surface area contributed by atoms with E-state index in [1.54, 1.807) is 7.11 Å². The number of nitrogens with zero attached hydrogens (tertiary/aromatic N) is 2. The number of piperidine rings is 1. The average molecular weight is 367 g/mol. The average Bonchev–Trinajstić information content (AvgIpc) is 2.87. The Morgan fingerprint density at radius 2 is 2.07 bits per heavy atom. The van der Waals surface area contributed by atoms with Crippen molar-refractivity contribution in [2.24, 2.45) is 5.92 Å². The molecular weight excluding hydrogens is 338 g/mol. The number of ether oxygens (including phenoxy) is 1. The molecule has 0 radical (unpaired) electrons. The summed E-state index contributed by atoms with van der Waals surface area (Å²) in [7, 11) is 1.66. The summed E-state index contributed by atoms with van der Waals surface area (Å²) >= 11 is 0. The Balaban J connectivity index is 1.53. The molecule has 3 saturated heterocycles. The van der Waals surface area contributed by atoms with E-state index in [1.165, 1.54) is 18.4 Å². The number of amides is 1. The Bertz CT molecular complexity index is 866. The van der Waals surface area contributed by atoms with Crippen molar-refractivity contribution in [2.75, 3.05) is 33.3 Å². The molecule has 0 saturated carbocycles. The first-order chi connectivity index (χ1) is 13.0. The lowest BCUT2D eigenvalue weighted by atomic mass is 9.95. The van der Waals surface area contributed by atoms with Crippen LogP contribution in [0.4, 0.5) is 0 Å². The highest BCUT2D eigenvalue weighted by molar-refractivity contribution is 5.98. The summed E-state index contributed by atoms with van der Waals surface area (Å²) in [5, 5.41) is 1.01. The monoisotopic (exact) mass is 367 g/mol. The van der Waals surface area contributed by atoms with Crippen LogP contribution in [0.2, 0.25) is 0 Å². The molecule has 3 aliphatic heterocycles. The van der Waals surface area contributed by atoms with Crippen LogP contribution in [-0.2, 0) is 0 Å². The van der Waals surface area contributed by atoms with Gasteiger partial charge < -0.3 is 14.6 Å². The van der Waals surface area contributed by atoms with Gasteiger partial charge in [0, 0.05) is 43.1 Å². The van der Waals surface area contributed by atoms with Crippen LogP contribution >= 0.6 is 0 Å². The Morgan fingerprint density at radius 3 is 2.85 bits per heavy atom. The summed E-state index contributed by atoms with van der Waals surface area (Å²) in [5.74, 6) is 1.50. The zero-order valence-corrected chi connectivity index (χ0v) is 16.5. The molecule has 1 aromatic heterocycles. The van der Waals surface area contributed by atoms with Crippen molar-refractivity contribution in [1.82, 2.24) is 14.8 Å². The second kappa shape index (κ2) is 7.39. The molecule has 5 rings (SSSR count). The SMILES string of the molecule is COc1ccc2[nH]c(C(=O)N3C[C@@H]4CC[C@H](C3)N(CC=C(C)C)C4)cc2c1. The number of nitrogens with one attached hydrogen (secondary N) is 1. The maximum absolute atomic E-state index is 13.2. The summed E-state index contributed by atoms with van der Waals surface area (Å²) in [6.07, 6.45) is 4.72. The quantitative estimate of drug-likeness (QED) is 0.839. The molecule has 1 aromatic carbocycles. The second-order valence-corrected chi connectivity index (χ2v) is 8.18. The predicted octanol–water partition coefficient (Wildman–Crippen LogP) is 3.68. The van der Waals surface area contributed by atoms with E-state index in [1.807, 2.05) is 24.3 Å². The van der Waals surface area contributed by atoms with Gasteiger partial charge in [0.1, 0.15) is 11.4 Å². The minimum atomic E-state index is 0.117. The molecule has 2 bridgehead atoms. The normalized spacial score (nSPS) is 22.7. The number of benzene rings is 1. The lowest BCUT2D eigenvalue weighted by molar-refractivity contribution is 0.0735. The number of carbonyl (C=O) groups is 1. The number of aromatic amines is 1. The van der Waals surface area contributed by atoms with Crippen LogP contribution < -0.4 is 4.74 Å². The Labute approximate surface area is 161 Å². The van der Waals surface area contributed by atoms with Gasteiger partial charge >= 0.3 is 0 Å². The highest BCUT2D eigenvalue weighted by Crippen LogP contribution is 2.29. The van der Waals surface area contributed by atoms with Crippen LogP contribution in [0.1, 0.15) is 37.2 Å². The fourth-order valence-corrected chi connectivity index (χ4v) is 4.39. The van der Waals surface area contributed by atoms with E-state index in [-0.39, 0.29) is 5.91 Å². The van der Waals surface area contributed by atoms with Gasteiger partial charge in [0.25, 0.3) is 5.91 Å². The third-order valence-corrected chi connectivity index (χ3v) is 5.91. The number of fused-ring (bicyclic) bond motifs is 5. The minimum absolute atomic E-state index is 0.117. The third kappa shape index (κ3) is 3.74. The summed E-state index contributed by atoms with van der Waals surface area (Å²) in [6.45, 7) is 8.08. The molecule has 1 N–H and O–H groups in total. The van der Waals surface area contributed by atoms with E-state index in [4.69, 9.17) is 4.74 Å². The molecule has 0 unspecified atom stereocenters. The summed E-state index contributed by atoms with van der Waals surface area (Å²) < 4.78 is 5.29. The van der Waals surface area contributed by atoms with E-state index >= 15 is 0 Å². The van der Waals surface area contributed by atoms with Crippen LogP contribution in [0.15, 0.2) is 35.9 Å². The number of rotatable bonds is 4. The lowest BCUT2D eigenvalue weighted by Crippen LogP contribution is -2.44. The smallest absolute Gasteiger partial charge is 0.270 e. The van der Waals surface area contributed by atoms with Crippen molar-refractivity contribution in [3.05, 3.63) is 41.6 Å². The number of aromatic nitrogens is 1. The van der Waals surface area contributed by atoms with Crippen molar-refractivity contribution in [2.45, 2.75) is 32.7 Å². The Morgan fingerprint density at radius 1 is 1.22 bits per heavy atom. The predicted molar refractivity (Wildman–Crippen MR) is 108 cm³/mol. The molecule has 3 aliphatic rings. The summed E-state index contributed by atoms with van der Waals surface area (Å²) in [4.78, 5) is 21.1. The molecule has 144 valence electrons. The number of H-pyrrole nitrogens is 1.